The topological polar surface area (TPSA) is 53.0 Å². The Morgan fingerprint density at radius 1 is 1.57 bits per heavy atom. The van der Waals surface area contributed by atoms with Crippen LogP contribution in [0.25, 0.3) is 0 Å². The van der Waals surface area contributed by atoms with Crippen LogP contribution < -0.4 is 10.6 Å². The maximum absolute atomic E-state index is 12.9. The van der Waals surface area contributed by atoms with Crippen molar-refractivity contribution in [3.63, 3.8) is 0 Å². The minimum absolute atomic E-state index is 0.321. The lowest BCUT2D eigenvalue weighted by molar-refractivity contribution is 0.627. The first-order valence-corrected chi connectivity index (χ1v) is 4.28. The standard InChI is InChI=1S/C10H12FN3/c1-14(6-2-5-12)10-7-8(11)3-4-9(10)13/h3-4,7H,2,6,13H2,1H3. The number of hydrogen-bond donors (Lipinski definition) is 1. The molecule has 0 aromatic heterocycles. The summed E-state index contributed by atoms with van der Waals surface area (Å²) in [7, 11) is 1.78. The third-order valence-corrected chi connectivity index (χ3v) is 1.96. The van der Waals surface area contributed by atoms with Gasteiger partial charge in [-0.25, -0.2) is 4.39 Å². The normalized spacial score (nSPS) is 9.50. The Kier molecular flexibility index (Phi) is 3.29. The molecule has 0 unspecified atom stereocenters. The van der Waals surface area contributed by atoms with Gasteiger partial charge in [-0.1, -0.05) is 0 Å². The Hall–Kier alpha value is -1.76. The number of nitrogen functional groups attached to an aromatic ring is 1. The predicted molar refractivity (Wildman–Crippen MR) is 54.3 cm³/mol. The molecule has 0 aliphatic heterocycles. The molecule has 0 spiro atoms. The van der Waals surface area contributed by atoms with Crippen LogP contribution in [0.15, 0.2) is 18.2 Å². The highest BCUT2D eigenvalue weighted by Gasteiger charge is 2.05. The van der Waals surface area contributed by atoms with Crippen molar-refractivity contribution in [1.29, 1.82) is 5.26 Å². The second kappa shape index (κ2) is 4.47. The number of nitrogens with zero attached hydrogens (tertiary/aromatic N) is 2. The molecule has 4 heteroatoms. The van der Waals surface area contributed by atoms with Gasteiger partial charge in [-0.3, -0.25) is 0 Å². The number of anilines is 2. The molecular weight excluding hydrogens is 181 g/mol. The molecule has 0 saturated heterocycles. The van der Waals surface area contributed by atoms with Gasteiger partial charge in [0.1, 0.15) is 5.82 Å². The van der Waals surface area contributed by atoms with Gasteiger partial charge < -0.3 is 10.6 Å². The molecule has 1 rings (SSSR count). The maximum atomic E-state index is 12.9. The van der Waals surface area contributed by atoms with Crippen molar-refractivity contribution in [3.05, 3.63) is 24.0 Å². The summed E-state index contributed by atoms with van der Waals surface area (Å²) in [6.07, 6.45) is 0.395. The van der Waals surface area contributed by atoms with Crippen molar-refractivity contribution in [2.45, 2.75) is 6.42 Å². The first-order valence-electron chi connectivity index (χ1n) is 4.28. The van der Waals surface area contributed by atoms with Gasteiger partial charge in [0.25, 0.3) is 0 Å². The van der Waals surface area contributed by atoms with Crippen LogP contribution in [-0.4, -0.2) is 13.6 Å². The summed E-state index contributed by atoms with van der Waals surface area (Å²) in [5, 5.41) is 8.40. The van der Waals surface area contributed by atoms with Crippen LogP contribution in [0.4, 0.5) is 15.8 Å². The van der Waals surface area contributed by atoms with Gasteiger partial charge in [0.15, 0.2) is 0 Å². The lowest BCUT2D eigenvalue weighted by Gasteiger charge is -2.19. The van der Waals surface area contributed by atoms with Crippen LogP contribution in [0.2, 0.25) is 0 Å². The fraction of sp³-hybridized carbons (Fsp3) is 0.300. The number of nitrogens with two attached hydrogens (primary N) is 1. The number of benzene rings is 1. The zero-order valence-electron chi connectivity index (χ0n) is 8.00. The van der Waals surface area contributed by atoms with Crippen molar-refractivity contribution >= 4 is 11.4 Å². The van der Waals surface area contributed by atoms with E-state index < -0.39 is 0 Å². The lowest BCUT2D eigenvalue weighted by Crippen LogP contribution is -2.19. The highest BCUT2D eigenvalue weighted by Crippen LogP contribution is 2.22. The number of nitriles is 1. The van der Waals surface area contributed by atoms with E-state index >= 15 is 0 Å². The molecule has 0 aliphatic carbocycles. The van der Waals surface area contributed by atoms with Gasteiger partial charge in [0.2, 0.25) is 0 Å². The second-order valence-electron chi connectivity index (χ2n) is 3.03. The first-order chi connectivity index (χ1) is 6.65. The third kappa shape index (κ3) is 2.36. The summed E-state index contributed by atoms with van der Waals surface area (Å²) in [6, 6.07) is 6.23. The molecule has 0 fully saturated rings. The lowest BCUT2D eigenvalue weighted by atomic mass is 10.2. The van der Waals surface area contributed by atoms with Gasteiger partial charge in [0.05, 0.1) is 23.9 Å². The quantitative estimate of drug-likeness (QED) is 0.744. The molecule has 14 heavy (non-hydrogen) atoms. The van der Waals surface area contributed by atoms with E-state index in [9.17, 15) is 4.39 Å². The maximum Gasteiger partial charge on any atom is 0.125 e. The van der Waals surface area contributed by atoms with Crippen LogP contribution in [0.1, 0.15) is 6.42 Å². The van der Waals surface area contributed by atoms with Gasteiger partial charge in [0, 0.05) is 13.6 Å². The Balaban J connectivity index is 2.83. The monoisotopic (exact) mass is 193 g/mol. The predicted octanol–water partition coefficient (Wildman–Crippen LogP) is 1.76. The Morgan fingerprint density at radius 3 is 2.93 bits per heavy atom. The van der Waals surface area contributed by atoms with E-state index in [1.165, 1.54) is 18.2 Å². The van der Waals surface area contributed by atoms with Crippen LogP contribution in [0, 0.1) is 17.1 Å². The molecule has 0 saturated carbocycles. The van der Waals surface area contributed by atoms with Crippen molar-refractivity contribution in [2.75, 3.05) is 24.2 Å². The fourth-order valence-corrected chi connectivity index (χ4v) is 1.19. The molecular formula is C10H12FN3. The molecule has 74 valence electrons. The van der Waals surface area contributed by atoms with Gasteiger partial charge >= 0.3 is 0 Å². The molecule has 0 amide bonds. The smallest absolute Gasteiger partial charge is 0.125 e. The Bertz CT molecular complexity index is 357. The van der Waals surface area contributed by atoms with Crippen molar-refractivity contribution in [3.8, 4) is 6.07 Å². The molecule has 0 radical (unpaired) electrons. The van der Waals surface area contributed by atoms with Gasteiger partial charge in [-0.15, -0.1) is 0 Å². The van der Waals surface area contributed by atoms with Crippen LogP contribution >= 0.6 is 0 Å². The van der Waals surface area contributed by atoms with Crippen LogP contribution in [-0.2, 0) is 0 Å². The van der Waals surface area contributed by atoms with E-state index in [2.05, 4.69) is 0 Å². The van der Waals surface area contributed by atoms with Crippen molar-refractivity contribution < 1.29 is 4.39 Å². The SMILES string of the molecule is CN(CCC#N)c1cc(F)ccc1N. The summed E-state index contributed by atoms with van der Waals surface area (Å²) in [6.45, 7) is 0.546. The van der Waals surface area contributed by atoms with Gasteiger partial charge in [-0.2, -0.15) is 5.26 Å². The Morgan fingerprint density at radius 2 is 2.29 bits per heavy atom. The summed E-state index contributed by atoms with van der Waals surface area (Å²) in [5.74, 6) is -0.321. The minimum Gasteiger partial charge on any atom is -0.397 e. The molecule has 0 atom stereocenters. The summed E-state index contributed by atoms with van der Waals surface area (Å²) < 4.78 is 12.9. The third-order valence-electron chi connectivity index (χ3n) is 1.96. The molecule has 3 nitrogen and oxygen atoms in total. The van der Waals surface area contributed by atoms with Crippen LogP contribution in [0.3, 0.4) is 0 Å². The second-order valence-corrected chi connectivity index (χ2v) is 3.03. The zero-order valence-corrected chi connectivity index (χ0v) is 8.00. The number of rotatable bonds is 3. The average molecular weight is 193 g/mol. The van der Waals surface area contributed by atoms with Crippen LogP contribution in [0.5, 0.6) is 0 Å². The molecule has 0 aliphatic rings. The van der Waals surface area contributed by atoms with E-state index in [1.54, 1.807) is 11.9 Å². The molecule has 0 bridgehead atoms. The molecule has 1 aromatic rings. The number of halogens is 1. The summed E-state index contributed by atoms with van der Waals surface area (Å²) in [4.78, 5) is 1.77. The van der Waals surface area contributed by atoms with Crippen molar-refractivity contribution in [2.24, 2.45) is 0 Å². The van der Waals surface area contributed by atoms with E-state index in [4.69, 9.17) is 11.0 Å². The fourth-order valence-electron chi connectivity index (χ4n) is 1.19. The highest BCUT2D eigenvalue weighted by atomic mass is 19.1. The minimum atomic E-state index is -0.321. The van der Waals surface area contributed by atoms with Gasteiger partial charge in [-0.05, 0) is 18.2 Å². The summed E-state index contributed by atoms with van der Waals surface area (Å²) in [5.41, 5.74) is 6.82. The van der Waals surface area contributed by atoms with E-state index in [0.717, 1.165) is 0 Å². The highest BCUT2D eigenvalue weighted by molar-refractivity contribution is 5.67. The number of hydrogen-bond acceptors (Lipinski definition) is 3. The average Bonchev–Trinajstić information content (AvgIpc) is 2.18. The largest absolute Gasteiger partial charge is 0.397 e. The van der Waals surface area contributed by atoms with E-state index in [1.807, 2.05) is 6.07 Å². The molecule has 0 heterocycles. The Labute approximate surface area is 82.5 Å². The summed E-state index contributed by atoms with van der Waals surface area (Å²) >= 11 is 0. The van der Waals surface area contributed by atoms with E-state index in [0.29, 0.717) is 24.3 Å². The molecule has 2 N–H and O–H groups in total. The van der Waals surface area contributed by atoms with Crippen molar-refractivity contribution in [1.82, 2.24) is 0 Å². The molecule has 1 aromatic carbocycles. The van der Waals surface area contributed by atoms with E-state index in [-0.39, 0.29) is 5.82 Å². The first kappa shape index (κ1) is 10.3. The zero-order chi connectivity index (χ0) is 10.6.